The number of amides is 1. The average Bonchev–Trinajstić information content (AvgIpc) is 2.83. The van der Waals surface area contributed by atoms with Crippen LogP contribution < -0.4 is 9.64 Å². The monoisotopic (exact) mass is 458 g/mol. The largest absolute Gasteiger partial charge is 0.495 e. The third-order valence-electron chi connectivity index (χ3n) is 6.31. The Bertz CT molecular complexity index is 1120. The number of sulfonamides is 1. The first kappa shape index (κ1) is 22.8. The smallest absolute Gasteiger partial charge is 0.258 e. The molecule has 1 amide bonds. The first-order valence-electron chi connectivity index (χ1n) is 11.1. The van der Waals surface area contributed by atoms with Gasteiger partial charge in [0.15, 0.2) is 0 Å². The van der Waals surface area contributed by atoms with Crippen molar-refractivity contribution >= 4 is 21.6 Å². The van der Waals surface area contributed by atoms with Crippen molar-refractivity contribution in [2.45, 2.75) is 38.0 Å². The molecule has 0 atom stereocenters. The van der Waals surface area contributed by atoms with Gasteiger partial charge in [-0.1, -0.05) is 19.1 Å². The van der Waals surface area contributed by atoms with Crippen molar-refractivity contribution < 1.29 is 22.7 Å². The van der Waals surface area contributed by atoms with Gasteiger partial charge in [-0.2, -0.15) is 4.31 Å². The summed E-state index contributed by atoms with van der Waals surface area (Å²) in [6.07, 6.45) is 2.29. The highest BCUT2D eigenvalue weighted by atomic mass is 32.2. The van der Waals surface area contributed by atoms with Crippen LogP contribution >= 0.6 is 0 Å². The number of nitrogens with zero attached hydrogens (tertiary/aromatic N) is 2. The molecular weight excluding hydrogens is 428 g/mol. The Labute approximate surface area is 190 Å². The number of aryl methyl sites for hydroxylation is 2. The Morgan fingerprint density at radius 3 is 2.56 bits per heavy atom. The van der Waals surface area contributed by atoms with E-state index in [1.165, 1.54) is 4.31 Å². The molecular formula is C24H30N2O5S. The molecule has 0 aromatic heterocycles. The molecule has 0 aliphatic carbocycles. The highest BCUT2D eigenvalue weighted by molar-refractivity contribution is 7.89. The number of anilines is 1. The first-order valence-corrected chi connectivity index (χ1v) is 12.5. The Balaban J connectivity index is 1.76. The Kier molecular flexibility index (Phi) is 6.55. The van der Waals surface area contributed by atoms with Gasteiger partial charge in [0.05, 0.1) is 30.9 Å². The first-order chi connectivity index (χ1) is 15.4. The van der Waals surface area contributed by atoms with Crippen LogP contribution in [0.3, 0.4) is 0 Å². The molecule has 0 radical (unpaired) electrons. The van der Waals surface area contributed by atoms with E-state index in [0.717, 1.165) is 29.7 Å². The number of hydrogen-bond donors (Lipinski definition) is 0. The van der Waals surface area contributed by atoms with E-state index in [0.29, 0.717) is 56.1 Å². The molecule has 4 rings (SSSR count). The van der Waals surface area contributed by atoms with E-state index in [1.807, 2.05) is 26.0 Å². The van der Waals surface area contributed by atoms with Crippen LogP contribution in [0.15, 0.2) is 35.2 Å². The third kappa shape index (κ3) is 4.02. The summed E-state index contributed by atoms with van der Waals surface area (Å²) in [5.74, 6) is 0.445. The van der Waals surface area contributed by atoms with E-state index in [-0.39, 0.29) is 10.8 Å². The standard InChI is InChI=1S/C24H30N2O5S/c1-4-18-8-9-19(16-22(18)32(28,29)25-12-14-31-15-13-25)24(27)26-11-5-6-20-17(2)7-10-21(30-3)23(20)26/h7-10,16H,4-6,11-15H2,1-3H3. The maximum atomic E-state index is 13.6. The molecule has 0 unspecified atom stereocenters. The average molecular weight is 459 g/mol. The summed E-state index contributed by atoms with van der Waals surface area (Å²) in [6.45, 7) is 5.91. The maximum Gasteiger partial charge on any atom is 0.258 e. The Morgan fingerprint density at radius 2 is 1.88 bits per heavy atom. The molecule has 1 fully saturated rings. The summed E-state index contributed by atoms with van der Waals surface area (Å²) in [6, 6.07) is 8.93. The minimum absolute atomic E-state index is 0.209. The molecule has 1 saturated heterocycles. The summed E-state index contributed by atoms with van der Waals surface area (Å²) < 4.78 is 39.1. The second kappa shape index (κ2) is 9.21. The molecule has 0 spiro atoms. The van der Waals surface area contributed by atoms with Crippen molar-refractivity contribution in [3.8, 4) is 5.75 Å². The van der Waals surface area contributed by atoms with E-state index in [9.17, 15) is 13.2 Å². The molecule has 2 aliphatic rings. The molecule has 0 saturated carbocycles. The molecule has 172 valence electrons. The molecule has 0 bridgehead atoms. The predicted molar refractivity (Wildman–Crippen MR) is 123 cm³/mol. The quantitative estimate of drug-likeness (QED) is 0.688. The number of methoxy groups -OCH3 is 1. The number of carbonyl (C=O) groups is 1. The maximum absolute atomic E-state index is 13.6. The van der Waals surface area contributed by atoms with Gasteiger partial charge in [-0.15, -0.1) is 0 Å². The minimum Gasteiger partial charge on any atom is -0.495 e. The van der Waals surface area contributed by atoms with Crippen LogP contribution in [0, 0.1) is 6.92 Å². The minimum atomic E-state index is -3.71. The highest BCUT2D eigenvalue weighted by Crippen LogP contribution is 2.39. The Morgan fingerprint density at radius 1 is 1.12 bits per heavy atom. The molecule has 2 aromatic carbocycles. The van der Waals surface area contributed by atoms with Crippen molar-refractivity contribution in [3.63, 3.8) is 0 Å². The molecule has 8 heteroatoms. The highest BCUT2D eigenvalue weighted by Gasteiger charge is 2.31. The molecule has 32 heavy (non-hydrogen) atoms. The van der Waals surface area contributed by atoms with Gasteiger partial charge in [0, 0.05) is 25.2 Å². The zero-order chi connectivity index (χ0) is 22.9. The zero-order valence-corrected chi connectivity index (χ0v) is 19.7. The van der Waals surface area contributed by atoms with Gasteiger partial charge in [0.2, 0.25) is 10.0 Å². The van der Waals surface area contributed by atoms with Crippen LogP contribution in [0.5, 0.6) is 5.75 Å². The summed E-state index contributed by atoms with van der Waals surface area (Å²) in [5.41, 5.74) is 4.09. The van der Waals surface area contributed by atoms with Crippen molar-refractivity contribution in [3.05, 3.63) is 52.6 Å². The summed E-state index contributed by atoms with van der Waals surface area (Å²) >= 11 is 0. The summed E-state index contributed by atoms with van der Waals surface area (Å²) in [5, 5.41) is 0. The number of fused-ring (bicyclic) bond motifs is 1. The Hall–Kier alpha value is -2.42. The van der Waals surface area contributed by atoms with Gasteiger partial charge in [0.1, 0.15) is 5.75 Å². The lowest BCUT2D eigenvalue weighted by Crippen LogP contribution is -2.41. The SMILES string of the molecule is CCc1ccc(C(=O)N2CCCc3c(C)ccc(OC)c32)cc1S(=O)(=O)N1CCOCC1. The molecule has 0 N–H and O–H groups in total. The van der Waals surface area contributed by atoms with Crippen LogP contribution in [0.25, 0.3) is 0 Å². The number of hydrogen-bond acceptors (Lipinski definition) is 5. The van der Waals surface area contributed by atoms with E-state index in [4.69, 9.17) is 9.47 Å². The molecule has 2 aliphatic heterocycles. The fourth-order valence-corrected chi connectivity index (χ4v) is 6.25. The van der Waals surface area contributed by atoms with Gasteiger partial charge in [0.25, 0.3) is 5.91 Å². The lowest BCUT2D eigenvalue weighted by molar-refractivity contribution is 0.0730. The zero-order valence-electron chi connectivity index (χ0n) is 18.9. The van der Waals surface area contributed by atoms with Gasteiger partial charge in [-0.05, 0) is 61.1 Å². The van der Waals surface area contributed by atoms with Crippen LogP contribution in [0.2, 0.25) is 0 Å². The molecule has 2 heterocycles. The van der Waals surface area contributed by atoms with Crippen molar-refractivity contribution in [2.75, 3.05) is 44.9 Å². The normalized spacial score (nSPS) is 17.2. The van der Waals surface area contributed by atoms with Crippen molar-refractivity contribution in [1.29, 1.82) is 0 Å². The van der Waals surface area contributed by atoms with Crippen LogP contribution in [0.4, 0.5) is 5.69 Å². The summed E-state index contributed by atoms with van der Waals surface area (Å²) in [7, 11) is -2.11. The molecule has 7 nitrogen and oxygen atoms in total. The number of rotatable bonds is 5. The van der Waals surface area contributed by atoms with E-state index in [1.54, 1.807) is 30.2 Å². The topological polar surface area (TPSA) is 76.2 Å². The van der Waals surface area contributed by atoms with E-state index in [2.05, 4.69) is 0 Å². The predicted octanol–water partition coefficient (Wildman–Crippen LogP) is 3.18. The van der Waals surface area contributed by atoms with Crippen LogP contribution in [0.1, 0.15) is 40.4 Å². The number of morpholine rings is 1. The molecule has 2 aromatic rings. The second-order valence-electron chi connectivity index (χ2n) is 8.16. The number of benzene rings is 2. The van der Waals surface area contributed by atoms with Gasteiger partial charge >= 0.3 is 0 Å². The lowest BCUT2D eigenvalue weighted by Gasteiger charge is -2.32. The fourth-order valence-electron chi connectivity index (χ4n) is 4.52. The van der Waals surface area contributed by atoms with Crippen LogP contribution in [-0.2, 0) is 27.6 Å². The van der Waals surface area contributed by atoms with Crippen molar-refractivity contribution in [2.24, 2.45) is 0 Å². The van der Waals surface area contributed by atoms with E-state index < -0.39 is 10.0 Å². The third-order valence-corrected chi connectivity index (χ3v) is 8.29. The van der Waals surface area contributed by atoms with Crippen molar-refractivity contribution in [1.82, 2.24) is 4.31 Å². The van der Waals surface area contributed by atoms with E-state index >= 15 is 0 Å². The second-order valence-corrected chi connectivity index (χ2v) is 10.1. The number of ether oxygens (including phenoxy) is 2. The lowest BCUT2D eigenvalue weighted by atomic mass is 9.95. The van der Waals surface area contributed by atoms with Gasteiger partial charge in [-0.25, -0.2) is 8.42 Å². The van der Waals surface area contributed by atoms with Crippen LogP contribution in [-0.4, -0.2) is 58.6 Å². The van der Waals surface area contributed by atoms with Gasteiger partial charge < -0.3 is 14.4 Å². The summed E-state index contributed by atoms with van der Waals surface area (Å²) in [4.78, 5) is 15.6. The number of carbonyl (C=O) groups excluding carboxylic acids is 1. The fraction of sp³-hybridized carbons (Fsp3) is 0.458. The van der Waals surface area contributed by atoms with Gasteiger partial charge in [-0.3, -0.25) is 4.79 Å².